The van der Waals surface area contributed by atoms with Gasteiger partial charge in [0.05, 0.1) is 12.6 Å². The Balaban J connectivity index is 3.60. The van der Waals surface area contributed by atoms with Gasteiger partial charge in [-0.1, -0.05) is 66.5 Å². The predicted octanol–water partition coefficient (Wildman–Crippen LogP) is -1.79. The molecule has 21 N–H and O–H groups in total. The standard InChI is InChI=1S/C56H95N13O16/c1-7-33(6)47(55(83)65-37(15-9-12-26-58)50(78)66-41(28-31(2)3)53(81)64-38(16-10-13-27-59)52(80)68-46(32(4)5)56(84)85)69-54(82)42(29-34-17-19-35(70)20-18-34)67-51(79)40(22-24-45(74)75)62-43(71)30-61-49(77)39(21-23-44(72)73)63-48(76)36(60)14-8-11-25-57/h17-20,31-33,36-42,46-47,70H,7-16,21-30,57-60H2,1-6H3,(H,61,77)(H,62,71)(H,63,76)(H,64,81)(H,65,83)(H,66,78)(H,67,79)(H,68,80)(H,69,82)(H,72,73)(H,74,75)(H,84,85)/t33-,36-,37-,38-,39-,40-,41-,42-,46-,47-/m0/s1. The molecule has 0 aliphatic heterocycles. The van der Waals surface area contributed by atoms with Crippen LogP contribution in [0.5, 0.6) is 5.75 Å². The van der Waals surface area contributed by atoms with Crippen molar-refractivity contribution in [2.75, 3.05) is 26.2 Å². The van der Waals surface area contributed by atoms with E-state index in [-0.39, 0.29) is 63.2 Å². The first kappa shape index (κ1) is 75.5. The maximum atomic E-state index is 14.5. The summed E-state index contributed by atoms with van der Waals surface area (Å²) in [4.78, 5) is 160. The number of amides is 9. The number of unbranched alkanes of at least 4 members (excludes halogenated alkanes) is 3. The minimum Gasteiger partial charge on any atom is -0.508 e. The number of carbonyl (C=O) groups is 12. The molecule has 0 spiro atoms. The summed E-state index contributed by atoms with van der Waals surface area (Å²) in [6.45, 7) is 10.2. The minimum absolute atomic E-state index is 0.0150. The first-order valence-electron chi connectivity index (χ1n) is 29.1. The monoisotopic (exact) mass is 1210 g/mol. The van der Waals surface area contributed by atoms with Crippen LogP contribution in [-0.4, -0.2) is 172 Å². The third kappa shape index (κ3) is 30.2. The maximum absolute atomic E-state index is 14.5. The van der Waals surface area contributed by atoms with E-state index in [4.69, 9.17) is 22.9 Å². The van der Waals surface area contributed by atoms with E-state index in [1.165, 1.54) is 24.3 Å². The second-order valence-electron chi connectivity index (χ2n) is 21.9. The summed E-state index contributed by atoms with van der Waals surface area (Å²) in [6, 6.07) is -6.66. The van der Waals surface area contributed by atoms with E-state index in [1.807, 2.05) is 0 Å². The Labute approximate surface area is 496 Å². The lowest BCUT2D eigenvalue weighted by Crippen LogP contribution is -2.61. The van der Waals surface area contributed by atoms with Crippen LogP contribution in [0.15, 0.2) is 24.3 Å². The maximum Gasteiger partial charge on any atom is 0.326 e. The van der Waals surface area contributed by atoms with Crippen LogP contribution in [0.2, 0.25) is 0 Å². The molecule has 0 radical (unpaired) electrons. The number of carboxylic acids is 3. The van der Waals surface area contributed by atoms with Gasteiger partial charge in [0.2, 0.25) is 53.2 Å². The third-order valence-electron chi connectivity index (χ3n) is 13.8. The van der Waals surface area contributed by atoms with Gasteiger partial charge in [0.15, 0.2) is 0 Å². The van der Waals surface area contributed by atoms with Crippen molar-refractivity contribution in [3.8, 4) is 5.75 Å². The molecule has 0 saturated heterocycles. The SMILES string of the molecule is CC[C@H](C)[C@H](NC(=O)[C@H](Cc1ccc(O)cc1)NC(=O)[C@H](CCC(=O)O)NC(=O)CNC(=O)[C@H](CCC(=O)O)NC(=O)[C@@H](N)CCCCN)C(=O)N[C@@H](CCCCN)C(=O)N[C@@H](CC(C)C)C(=O)N[C@@H](CCCCN)C(=O)N[C@H](C(=O)O)C(C)C. The van der Waals surface area contributed by atoms with E-state index >= 15 is 0 Å². The largest absolute Gasteiger partial charge is 0.508 e. The highest BCUT2D eigenvalue weighted by molar-refractivity contribution is 5.98. The van der Waals surface area contributed by atoms with Gasteiger partial charge < -0.3 is 91.2 Å². The van der Waals surface area contributed by atoms with E-state index in [0.717, 1.165) is 0 Å². The van der Waals surface area contributed by atoms with Gasteiger partial charge >= 0.3 is 17.9 Å². The summed E-state index contributed by atoms with van der Waals surface area (Å²) < 4.78 is 0. The second kappa shape index (κ2) is 40.7. The van der Waals surface area contributed by atoms with Gasteiger partial charge in [0.25, 0.3) is 0 Å². The highest BCUT2D eigenvalue weighted by Crippen LogP contribution is 2.16. The fourth-order valence-electron chi connectivity index (χ4n) is 8.63. The zero-order valence-corrected chi connectivity index (χ0v) is 49.9. The molecule has 1 aromatic rings. The molecule has 0 aliphatic rings. The molecule has 0 saturated carbocycles. The zero-order chi connectivity index (χ0) is 64.3. The number of carboxylic acid groups (broad SMARTS) is 3. The van der Waals surface area contributed by atoms with E-state index in [2.05, 4.69) is 47.9 Å². The molecular formula is C56H95N13O16. The molecule has 1 rings (SSSR count). The van der Waals surface area contributed by atoms with Crippen LogP contribution in [0.1, 0.15) is 143 Å². The number of hydrogen-bond acceptors (Lipinski definition) is 17. The summed E-state index contributed by atoms with van der Waals surface area (Å²) in [6.07, 6.45) is 0.969. The van der Waals surface area contributed by atoms with Crippen molar-refractivity contribution in [2.24, 2.45) is 40.7 Å². The van der Waals surface area contributed by atoms with Crippen molar-refractivity contribution in [1.29, 1.82) is 0 Å². The van der Waals surface area contributed by atoms with E-state index in [9.17, 15) is 78.0 Å². The Bertz CT molecular complexity index is 2340. The van der Waals surface area contributed by atoms with Crippen LogP contribution in [0.4, 0.5) is 0 Å². The highest BCUT2D eigenvalue weighted by Gasteiger charge is 2.36. The van der Waals surface area contributed by atoms with Gasteiger partial charge in [-0.25, -0.2) is 4.79 Å². The molecule has 10 atom stereocenters. The first-order valence-corrected chi connectivity index (χ1v) is 29.1. The van der Waals surface area contributed by atoms with Crippen LogP contribution < -0.4 is 70.8 Å². The number of benzene rings is 1. The van der Waals surface area contributed by atoms with Gasteiger partial charge in [-0.2, -0.15) is 0 Å². The topological polar surface area (TPSA) is 498 Å². The lowest BCUT2D eigenvalue weighted by atomic mass is 9.96. The predicted molar refractivity (Wildman–Crippen MR) is 312 cm³/mol. The van der Waals surface area contributed by atoms with Gasteiger partial charge in [0.1, 0.15) is 54.1 Å². The molecule has 0 aliphatic carbocycles. The van der Waals surface area contributed by atoms with Gasteiger partial charge in [0, 0.05) is 19.3 Å². The van der Waals surface area contributed by atoms with Gasteiger partial charge in [-0.3, -0.25) is 52.7 Å². The van der Waals surface area contributed by atoms with Crippen LogP contribution >= 0.6 is 0 Å². The van der Waals surface area contributed by atoms with Crippen molar-refractivity contribution in [3.05, 3.63) is 29.8 Å². The fraction of sp³-hybridized carbons (Fsp3) is 0.679. The lowest BCUT2D eigenvalue weighted by Gasteiger charge is -2.30. The van der Waals surface area contributed by atoms with Crippen molar-refractivity contribution in [3.63, 3.8) is 0 Å². The molecule has 0 heterocycles. The molecule has 0 aromatic heterocycles. The number of hydrogen-bond donors (Lipinski definition) is 17. The Morgan fingerprint density at radius 3 is 1.35 bits per heavy atom. The first-order chi connectivity index (χ1) is 40.1. The minimum atomic E-state index is -1.67. The van der Waals surface area contributed by atoms with Gasteiger partial charge in [-0.15, -0.1) is 0 Å². The van der Waals surface area contributed by atoms with Crippen LogP contribution in [0.25, 0.3) is 0 Å². The average Bonchev–Trinajstić information content (AvgIpc) is 3.58. The van der Waals surface area contributed by atoms with Crippen molar-refractivity contribution in [2.45, 2.75) is 199 Å². The smallest absolute Gasteiger partial charge is 0.326 e. The van der Waals surface area contributed by atoms with E-state index < -0.39 is 163 Å². The molecule has 0 fully saturated rings. The Morgan fingerprint density at radius 1 is 0.471 bits per heavy atom. The molecule has 85 heavy (non-hydrogen) atoms. The third-order valence-corrected chi connectivity index (χ3v) is 13.8. The number of aromatic hydroxyl groups is 1. The lowest BCUT2D eigenvalue weighted by molar-refractivity contribution is -0.143. The van der Waals surface area contributed by atoms with Crippen LogP contribution in [-0.2, 0) is 64.0 Å². The number of phenols is 1. The normalized spacial score (nSPS) is 14.7. The Morgan fingerprint density at radius 2 is 0.882 bits per heavy atom. The zero-order valence-electron chi connectivity index (χ0n) is 49.9. The average molecular weight is 1210 g/mol. The van der Waals surface area contributed by atoms with Gasteiger partial charge in [-0.05, 0) is 126 Å². The molecule has 0 unspecified atom stereocenters. The summed E-state index contributed by atoms with van der Waals surface area (Å²) >= 11 is 0. The molecule has 9 amide bonds. The summed E-state index contributed by atoms with van der Waals surface area (Å²) in [5.74, 6) is -13.3. The van der Waals surface area contributed by atoms with Crippen molar-refractivity contribution >= 4 is 71.1 Å². The number of phenolic OH excluding ortho intramolecular Hbond substituents is 1. The summed E-state index contributed by atoms with van der Waals surface area (Å²) in [7, 11) is 0. The van der Waals surface area contributed by atoms with Crippen molar-refractivity contribution < 1.29 is 78.0 Å². The number of carbonyl (C=O) groups excluding carboxylic acids is 9. The molecule has 0 bridgehead atoms. The number of rotatable bonds is 44. The second-order valence-corrected chi connectivity index (χ2v) is 21.9. The van der Waals surface area contributed by atoms with Crippen LogP contribution in [0.3, 0.4) is 0 Å². The van der Waals surface area contributed by atoms with Crippen LogP contribution in [0, 0.1) is 17.8 Å². The molecule has 1 aromatic carbocycles. The number of nitrogens with two attached hydrogens (primary N) is 4. The van der Waals surface area contributed by atoms with Crippen molar-refractivity contribution in [1.82, 2.24) is 47.9 Å². The fourth-order valence-corrected chi connectivity index (χ4v) is 8.63. The summed E-state index contributed by atoms with van der Waals surface area (Å²) in [5.41, 5.74) is 23.3. The molecule has 480 valence electrons. The number of nitrogens with one attached hydrogen (secondary N) is 9. The number of aliphatic carboxylic acids is 3. The Kier molecular flexibility index (Phi) is 36.2. The molecular weight excluding hydrogens is 1110 g/mol. The van der Waals surface area contributed by atoms with E-state index in [1.54, 1.807) is 41.5 Å². The quantitative estimate of drug-likeness (QED) is 0.0321. The molecule has 29 nitrogen and oxygen atoms in total. The van der Waals surface area contributed by atoms with E-state index in [0.29, 0.717) is 57.2 Å². The Hall–Kier alpha value is -7.50. The summed E-state index contributed by atoms with van der Waals surface area (Å²) in [5, 5.41) is 61.5. The molecule has 29 heteroatoms. The highest BCUT2D eigenvalue weighted by atomic mass is 16.4.